The lowest BCUT2D eigenvalue weighted by molar-refractivity contribution is -0.239. The molecule has 5 rings (SSSR count). The van der Waals surface area contributed by atoms with Crippen molar-refractivity contribution >= 4 is 8.60 Å². The molecule has 1 aliphatic heterocycles. The zero-order valence-corrected chi connectivity index (χ0v) is 18.6. The Labute approximate surface area is 181 Å². The first-order chi connectivity index (χ1) is 14.5. The third kappa shape index (κ3) is 2.51. The van der Waals surface area contributed by atoms with Gasteiger partial charge in [0.1, 0.15) is 5.60 Å². The average Bonchev–Trinajstić information content (AvgIpc) is 3.14. The maximum atomic E-state index is 15.0. The Bertz CT molecular complexity index is 1000. The largest absolute Gasteiger partial charge is 0.426 e. The molecule has 3 nitrogen and oxygen atoms in total. The van der Waals surface area contributed by atoms with E-state index in [2.05, 4.69) is 20.8 Å². The van der Waals surface area contributed by atoms with E-state index >= 15 is 0 Å². The molecule has 2 aromatic rings. The maximum Gasteiger partial charge on any atom is 0.426 e. The second-order valence-corrected chi connectivity index (χ2v) is 10.8. The van der Waals surface area contributed by atoms with Crippen molar-refractivity contribution in [2.45, 2.75) is 57.4 Å². The van der Waals surface area contributed by atoms with E-state index < -0.39 is 36.8 Å². The maximum absolute atomic E-state index is 15.0. The topological polar surface area (TPSA) is 38.7 Å². The van der Waals surface area contributed by atoms with Crippen LogP contribution < -0.4 is 0 Å². The van der Waals surface area contributed by atoms with Gasteiger partial charge in [-0.2, -0.15) is 13.2 Å². The second-order valence-electron chi connectivity index (χ2n) is 9.91. The summed E-state index contributed by atoms with van der Waals surface area (Å²) < 4.78 is 56.8. The summed E-state index contributed by atoms with van der Waals surface area (Å²) in [6.45, 7) is 6.21. The number of benzene rings is 2. The Balaban J connectivity index is 1.89. The molecule has 5 atom stereocenters. The standard InChI is InChI=1S/C24H26F3O3P/c1-20(2)17-13-14-21(3,15-17)23(20)19-12-8-7-11-18(19)22(24(25,26)27,29-31(28)30-23)16-9-5-4-6-10-16/h4-12,17,28H,13-15H2,1-3H3/t17-,21+,22-,23-,31+/m0/s1. The summed E-state index contributed by atoms with van der Waals surface area (Å²) in [5.41, 5.74) is -4.35. The predicted octanol–water partition coefficient (Wildman–Crippen LogP) is 6.80. The Morgan fingerprint density at radius 3 is 2.13 bits per heavy atom. The van der Waals surface area contributed by atoms with Crippen LogP contribution in [0.5, 0.6) is 0 Å². The van der Waals surface area contributed by atoms with Crippen LogP contribution in [0.1, 0.15) is 56.7 Å². The van der Waals surface area contributed by atoms with Crippen LogP contribution in [-0.2, 0) is 20.2 Å². The molecule has 2 fully saturated rings. The zero-order valence-electron chi connectivity index (χ0n) is 17.7. The van der Waals surface area contributed by atoms with E-state index in [1.54, 1.807) is 36.4 Å². The van der Waals surface area contributed by atoms with Crippen molar-refractivity contribution in [2.75, 3.05) is 0 Å². The number of rotatable bonds is 1. The van der Waals surface area contributed by atoms with Gasteiger partial charge in [0, 0.05) is 16.4 Å². The van der Waals surface area contributed by atoms with Crippen LogP contribution in [0, 0.1) is 16.7 Å². The Morgan fingerprint density at radius 1 is 0.935 bits per heavy atom. The van der Waals surface area contributed by atoms with Crippen molar-refractivity contribution < 1.29 is 27.1 Å². The van der Waals surface area contributed by atoms with Gasteiger partial charge in [-0.25, -0.2) is 0 Å². The molecule has 0 radical (unpaired) electrons. The van der Waals surface area contributed by atoms with Crippen LogP contribution in [0.2, 0.25) is 0 Å². The number of halogens is 3. The molecule has 7 heteroatoms. The van der Waals surface area contributed by atoms with Gasteiger partial charge in [-0.3, -0.25) is 9.05 Å². The number of hydrogen-bond acceptors (Lipinski definition) is 3. The van der Waals surface area contributed by atoms with Crippen LogP contribution in [0.3, 0.4) is 0 Å². The highest BCUT2D eigenvalue weighted by atomic mass is 31.2. The highest BCUT2D eigenvalue weighted by molar-refractivity contribution is 7.40. The molecule has 2 aliphatic carbocycles. The molecular weight excluding hydrogens is 424 g/mol. The zero-order chi connectivity index (χ0) is 22.3. The minimum atomic E-state index is -4.81. The van der Waals surface area contributed by atoms with Crippen molar-refractivity contribution in [2.24, 2.45) is 16.7 Å². The van der Waals surface area contributed by atoms with E-state index in [1.807, 2.05) is 0 Å². The van der Waals surface area contributed by atoms with Gasteiger partial charge in [0.25, 0.3) is 0 Å². The lowest BCUT2D eigenvalue weighted by Gasteiger charge is -2.53. The second kappa shape index (κ2) is 6.54. The third-order valence-electron chi connectivity index (χ3n) is 8.21. The monoisotopic (exact) mass is 450 g/mol. The molecule has 2 aromatic carbocycles. The van der Waals surface area contributed by atoms with Gasteiger partial charge in [0.2, 0.25) is 5.60 Å². The summed E-state index contributed by atoms with van der Waals surface area (Å²) in [7, 11) is -2.82. The summed E-state index contributed by atoms with van der Waals surface area (Å²) in [4.78, 5) is 10.9. The van der Waals surface area contributed by atoms with Crippen LogP contribution in [0.15, 0.2) is 54.6 Å². The molecule has 0 amide bonds. The van der Waals surface area contributed by atoms with E-state index in [-0.39, 0.29) is 11.1 Å². The molecule has 1 heterocycles. The fourth-order valence-electron chi connectivity index (χ4n) is 6.84. The van der Waals surface area contributed by atoms with Crippen molar-refractivity contribution in [3.8, 4) is 0 Å². The van der Waals surface area contributed by atoms with Crippen LogP contribution in [-0.4, -0.2) is 11.1 Å². The first kappa shape index (κ1) is 21.4. The van der Waals surface area contributed by atoms with Gasteiger partial charge < -0.3 is 4.89 Å². The molecule has 31 heavy (non-hydrogen) atoms. The summed E-state index contributed by atoms with van der Waals surface area (Å²) >= 11 is 0. The number of alkyl halides is 3. The molecule has 0 saturated heterocycles. The molecular formula is C24H26F3O3P. The van der Waals surface area contributed by atoms with Crippen molar-refractivity contribution in [3.63, 3.8) is 0 Å². The van der Waals surface area contributed by atoms with E-state index in [0.29, 0.717) is 11.5 Å². The smallest absolute Gasteiger partial charge is 0.328 e. The molecule has 2 saturated carbocycles. The van der Waals surface area contributed by atoms with Gasteiger partial charge in [-0.1, -0.05) is 75.4 Å². The van der Waals surface area contributed by atoms with Crippen molar-refractivity contribution in [1.82, 2.24) is 0 Å². The molecule has 166 valence electrons. The summed E-state index contributed by atoms with van der Waals surface area (Å²) in [6.07, 6.45) is -2.12. The summed E-state index contributed by atoms with van der Waals surface area (Å²) in [5, 5.41) is 0. The SMILES string of the molecule is CC1(C)[C@H]2CC[C@](C)(C2)[C@@]12O[P@](O)O[C@](c1ccccc1)(C(F)(F)F)c1ccccc12. The highest BCUT2D eigenvalue weighted by Gasteiger charge is 2.75. The Hall–Kier alpha value is -1.46. The number of fused-ring (bicyclic) bond motifs is 5. The summed E-state index contributed by atoms with van der Waals surface area (Å²) in [5.74, 6) is 0.295. The average molecular weight is 450 g/mol. The van der Waals surface area contributed by atoms with E-state index in [4.69, 9.17) is 9.05 Å². The van der Waals surface area contributed by atoms with Gasteiger partial charge in [-0.15, -0.1) is 0 Å². The molecule has 0 unspecified atom stereocenters. The molecule has 3 aliphatic rings. The van der Waals surface area contributed by atoms with Gasteiger partial charge in [0.15, 0.2) is 0 Å². The van der Waals surface area contributed by atoms with Crippen molar-refractivity contribution in [3.05, 3.63) is 71.3 Å². The third-order valence-corrected chi connectivity index (χ3v) is 9.07. The lowest BCUT2D eigenvalue weighted by Crippen LogP contribution is -2.53. The summed E-state index contributed by atoms with van der Waals surface area (Å²) in [6, 6.07) is 14.2. The molecule has 1 N–H and O–H groups in total. The van der Waals surface area contributed by atoms with Gasteiger partial charge in [0.05, 0.1) is 0 Å². The van der Waals surface area contributed by atoms with E-state index in [9.17, 15) is 18.1 Å². The van der Waals surface area contributed by atoms with Crippen LogP contribution in [0.4, 0.5) is 13.2 Å². The van der Waals surface area contributed by atoms with E-state index in [0.717, 1.165) is 19.3 Å². The van der Waals surface area contributed by atoms with Gasteiger partial charge >= 0.3 is 14.8 Å². The normalized spacial score (nSPS) is 38.8. The highest BCUT2D eigenvalue weighted by Crippen LogP contribution is 2.78. The van der Waals surface area contributed by atoms with Gasteiger partial charge in [-0.05, 0) is 36.3 Å². The minimum Gasteiger partial charge on any atom is -0.328 e. The molecule has 1 spiro atoms. The Kier molecular flexibility index (Phi) is 4.51. The van der Waals surface area contributed by atoms with Crippen LogP contribution >= 0.6 is 8.60 Å². The fraction of sp³-hybridized carbons (Fsp3) is 0.500. The molecule has 0 aromatic heterocycles. The first-order valence-corrected chi connectivity index (χ1v) is 11.7. The first-order valence-electron chi connectivity index (χ1n) is 10.6. The Morgan fingerprint density at radius 2 is 1.55 bits per heavy atom. The van der Waals surface area contributed by atoms with Crippen molar-refractivity contribution in [1.29, 1.82) is 0 Å². The lowest BCUT2D eigenvalue weighted by atomic mass is 9.56. The number of hydrogen-bond donors (Lipinski definition) is 1. The molecule has 2 bridgehead atoms. The fourth-order valence-corrected chi connectivity index (χ4v) is 8.21. The minimum absolute atomic E-state index is 0.00889. The van der Waals surface area contributed by atoms with E-state index in [1.165, 1.54) is 18.2 Å². The predicted molar refractivity (Wildman–Crippen MR) is 112 cm³/mol. The quantitative estimate of drug-likeness (QED) is 0.486. The van der Waals surface area contributed by atoms with Crippen LogP contribution in [0.25, 0.3) is 0 Å².